The van der Waals surface area contributed by atoms with E-state index in [2.05, 4.69) is 41.4 Å². The molecule has 6 nitrogen and oxygen atoms in total. The van der Waals surface area contributed by atoms with Crippen LogP contribution in [0.4, 0.5) is 0 Å². The summed E-state index contributed by atoms with van der Waals surface area (Å²) < 4.78 is 16.5. The second-order valence-corrected chi connectivity index (χ2v) is 7.11. The average molecular weight is 392 g/mol. The van der Waals surface area contributed by atoms with E-state index >= 15 is 0 Å². The Balaban J connectivity index is 1.61. The normalized spacial score (nSPS) is 17.3. The number of benzene rings is 1. The molecule has 0 amide bonds. The van der Waals surface area contributed by atoms with Crippen LogP contribution in [0.25, 0.3) is 0 Å². The van der Waals surface area contributed by atoms with E-state index < -0.39 is 0 Å². The smallest absolute Gasteiger partial charge is 0.193 e. The summed E-state index contributed by atoms with van der Waals surface area (Å²) in [5.41, 5.74) is 1.32. The van der Waals surface area contributed by atoms with Gasteiger partial charge in [-0.05, 0) is 31.7 Å². The lowest BCUT2D eigenvalue weighted by molar-refractivity contribution is 0.0536. The Kier molecular flexibility index (Phi) is 11.6. The van der Waals surface area contributed by atoms with Crippen molar-refractivity contribution >= 4 is 5.96 Å². The molecule has 1 heterocycles. The first-order valence-corrected chi connectivity index (χ1v) is 10.5. The number of guanidine groups is 1. The lowest BCUT2D eigenvalue weighted by Gasteiger charge is -2.21. The molecule has 1 fully saturated rings. The molecule has 0 aliphatic carbocycles. The Labute approximate surface area is 170 Å². The molecule has 0 radical (unpaired) electrons. The Hall–Kier alpha value is -1.63. The Morgan fingerprint density at radius 1 is 1.14 bits per heavy atom. The van der Waals surface area contributed by atoms with Crippen molar-refractivity contribution in [3.8, 4) is 0 Å². The molecule has 1 aliphatic rings. The van der Waals surface area contributed by atoms with Gasteiger partial charge < -0.3 is 24.4 Å². The predicted octanol–water partition coefficient (Wildman–Crippen LogP) is 2.59. The summed E-state index contributed by atoms with van der Waals surface area (Å²) >= 11 is 0. The van der Waals surface area contributed by atoms with Crippen LogP contribution in [-0.4, -0.2) is 77.2 Å². The number of likely N-dealkylation sites (tertiary alicyclic amines) is 1. The summed E-state index contributed by atoms with van der Waals surface area (Å²) in [5.74, 6) is 1.59. The minimum atomic E-state index is 0.571. The third-order valence-corrected chi connectivity index (χ3v) is 4.79. The second kappa shape index (κ2) is 14.4. The van der Waals surface area contributed by atoms with Gasteiger partial charge >= 0.3 is 0 Å². The fraction of sp³-hybridized carbons (Fsp3) is 0.682. The van der Waals surface area contributed by atoms with Crippen LogP contribution in [0, 0.1) is 5.92 Å². The molecule has 0 saturated carbocycles. The van der Waals surface area contributed by atoms with Gasteiger partial charge in [-0.1, -0.05) is 30.3 Å². The van der Waals surface area contributed by atoms with Crippen molar-refractivity contribution in [2.75, 3.05) is 66.3 Å². The molecule has 6 heteroatoms. The summed E-state index contributed by atoms with van der Waals surface area (Å²) in [6, 6.07) is 10.5. The topological polar surface area (TPSA) is 55.3 Å². The monoisotopic (exact) mass is 391 g/mol. The van der Waals surface area contributed by atoms with Gasteiger partial charge in [-0.2, -0.15) is 0 Å². The van der Waals surface area contributed by atoms with Crippen LogP contribution in [0.2, 0.25) is 0 Å². The van der Waals surface area contributed by atoms with E-state index in [1.165, 1.54) is 5.56 Å². The molecule has 2 rings (SSSR count). The van der Waals surface area contributed by atoms with E-state index in [9.17, 15) is 0 Å². The molecule has 1 aromatic rings. The number of rotatable bonds is 13. The van der Waals surface area contributed by atoms with Crippen molar-refractivity contribution in [1.29, 1.82) is 0 Å². The van der Waals surface area contributed by atoms with E-state index in [0.717, 1.165) is 71.2 Å². The lowest BCUT2D eigenvalue weighted by atomic mass is 10.1. The maximum atomic E-state index is 5.76. The number of hydrogen-bond acceptors (Lipinski definition) is 4. The minimum absolute atomic E-state index is 0.571. The first kappa shape index (κ1) is 22.7. The summed E-state index contributed by atoms with van der Waals surface area (Å²) in [7, 11) is 1.70. The van der Waals surface area contributed by atoms with Crippen LogP contribution in [0.1, 0.15) is 25.3 Å². The van der Waals surface area contributed by atoms with Gasteiger partial charge in [0.1, 0.15) is 0 Å². The van der Waals surface area contributed by atoms with E-state index in [1.54, 1.807) is 7.11 Å². The quantitative estimate of drug-likeness (QED) is 0.318. The number of hydrogen-bond donors (Lipinski definition) is 1. The van der Waals surface area contributed by atoms with Crippen molar-refractivity contribution in [3.05, 3.63) is 35.9 Å². The van der Waals surface area contributed by atoms with Gasteiger partial charge in [-0.3, -0.25) is 4.99 Å². The largest absolute Gasteiger partial charge is 0.382 e. The van der Waals surface area contributed by atoms with Crippen molar-refractivity contribution < 1.29 is 14.2 Å². The van der Waals surface area contributed by atoms with Crippen molar-refractivity contribution in [2.24, 2.45) is 10.9 Å². The lowest BCUT2D eigenvalue weighted by Crippen LogP contribution is -2.40. The van der Waals surface area contributed by atoms with Crippen molar-refractivity contribution in [2.45, 2.75) is 26.2 Å². The predicted molar refractivity (Wildman–Crippen MR) is 114 cm³/mol. The van der Waals surface area contributed by atoms with Crippen molar-refractivity contribution in [1.82, 2.24) is 10.2 Å². The van der Waals surface area contributed by atoms with Gasteiger partial charge in [0.15, 0.2) is 5.96 Å². The maximum Gasteiger partial charge on any atom is 0.193 e. The molecule has 1 aromatic carbocycles. The molecule has 1 atom stereocenters. The molecule has 158 valence electrons. The Bertz CT molecular complexity index is 539. The number of nitrogens with one attached hydrogen (secondary N) is 1. The summed E-state index contributed by atoms with van der Waals surface area (Å²) in [6.07, 6.45) is 3.06. The molecule has 1 aliphatic heterocycles. The highest BCUT2D eigenvalue weighted by Crippen LogP contribution is 2.16. The molecule has 0 aromatic heterocycles. The average Bonchev–Trinajstić information content (AvgIpc) is 3.19. The van der Waals surface area contributed by atoms with E-state index in [0.29, 0.717) is 19.1 Å². The first-order chi connectivity index (χ1) is 13.8. The molecule has 0 spiro atoms. The van der Waals surface area contributed by atoms with Gasteiger partial charge in [-0.15, -0.1) is 0 Å². The van der Waals surface area contributed by atoms with Gasteiger partial charge in [0, 0.05) is 45.8 Å². The molecular formula is C22H37N3O3. The standard InChI is InChI=1S/C22H37N3O3/c1-3-23-22(25-13-10-21(18-25)19-28-17-16-26-2)24-12-7-14-27-15-11-20-8-5-4-6-9-20/h4-6,8-9,21H,3,7,10-19H2,1-2H3,(H,23,24). The Morgan fingerprint density at radius 2 is 2.00 bits per heavy atom. The second-order valence-electron chi connectivity index (χ2n) is 7.11. The summed E-state index contributed by atoms with van der Waals surface area (Å²) in [6.45, 7) is 9.50. The number of methoxy groups -OCH3 is 1. The SMILES string of the molecule is CCNC(=NCCCOCCc1ccccc1)N1CCC(COCCOC)C1. The molecule has 1 saturated heterocycles. The number of nitrogens with zero attached hydrogens (tertiary/aromatic N) is 2. The molecule has 28 heavy (non-hydrogen) atoms. The molecule has 1 N–H and O–H groups in total. The van der Waals surface area contributed by atoms with Gasteiger partial charge in [0.05, 0.1) is 26.4 Å². The zero-order chi connectivity index (χ0) is 19.9. The van der Waals surface area contributed by atoms with E-state index in [4.69, 9.17) is 19.2 Å². The number of ether oxygens (including phenoxy) is 3. The van der Waals surface area contributed by atoms with Gasteiger partial charge in [0.25, 0.3) is 0 Å². The molecule has 0 bridgehead atoms. The highest BCUT2D eigenvalue weighted by molar-refractivity contribution is 5.80. The summed E-state index contributed by atoms with van der Waals surface area (Å²) in [5, 5.41) is 3.42. The third-order valence-electron chi connectivity index (χ3n) is 4.79. The van der Waals surface area contributed by atoms with E-state index in [1.807, 2.05) is 6.07 Å². The summed E-state index contributed by atoms with van der Waals surface area (Å²) in [4.78, 5) is 7.14. The van der Waals surface area contributed by atoms with Crippen molar-refractivity contribution in [3.63, 3.8) is 0 Å². The van der Waals surface area contributed by atoms with Crippen LogP contribution in [-0.2, 0) is 20.6 Å². The third kappa shape index (κ3) is 9.04. The van der Waals surface area contributed by atoms with Crippen LogP contribution >= 0.6 is 0 Å². The van der Waals surface area contributed by atoms with Gasteiger partial charge in [-0.25, -0.2) is 0 Å². The van der Waals surface area contributed by atoms with Crippen LogP contribution < -0.4 is 5.32 Å². The van der Waals surface area contributed by atoms with E-state index in [-0.39, 0.29) is 0 Å². The highest BCUT2D eigenvalue weighted by Gasteiger charge is 2.24. The first-order valence-electron chi connectivity index (χ1n) is 10.5. The fourth-order valence-electron chi connectivity index (χ4n) is 3.27. The van der Waals surface area contributed by atoms with Crippen LogP contribution in [0.5, 0.6) is 0 Å². The molecule has 1 unspecified atom stereocenters. The highest BCUT2D eigenvalue weighted by atomic mass is 16.5. The zero-order valence-electron chi connectivity index (χ0n) is 17.6. The Morgan fingerprint density at radius 3 is 2.79 bits per heavy atom. The maximum absolute atomic E-state index is 5.76. The minimum Gasteiger partial charge on any atom is -0.382 e. The van der Waals surface area contributed by atoms with Crippen LogP contribution in [0.3, 0.4) is 0 Å². The molecular weight excluding hydrogens is 354 g/mol. The zero-order valence-corrected chi connectivity index (χ0v) is 17.6. The van der Waals surface area contributed by atoms with Crippen LogP contribution in [0.15, 0.2) is 35.3 Å². The fourth-order valence-corrected chi connectivity index (χ4v) is 3.27. The number of aliphatic imine (C=N–C) groups is 1. The van der Waals surface area contributed by atoms with Gasteiger partial charge in [0.2, 0.25) is 0 Å².